The fraction of sp³-hybridized carbons (Fsp3) is 0.333. The van der Waals surface area contributed by atoms with E-state index in [2.05, 4.69) is 15.9 Å². The number of ether oxygens (including phenoxy) is 1. The van der Waals surface area contributed by atoms with Crippen molar-refractivity contribution in [3.05, 3.63) is 26.7 Å². The molecule has 0 aliphatic rings. The predicted molar refractivity (Wildman–Crippen MR) is 59.9 cm³/mol. The Morgan fingerprint density at radius 2 is 1.69 bits per heavy atom. The molecule has 0 amide bonds. The van der Waals surface area contributed by atoms with E-state index in [4.69, 9.17) is 27.9 Å². The molecule has 1 rings (SSSR count). The highest BCUT2D eigenvalue weighted by molar-refractivity contribution is 9.10. The highest BCUT2D eigenvalue weighted by Gasteiger charge is 2.09. The van der Waals surface area contributed by atoms with Crippen molar-refractivity contribution in [2.75, 3.05) is 0 Å². The zero-order valence-corrected chi connectivity index (χ0v) is 10.4. The summed E-state index contributed by atoms with van der Waals surface area (Å²) in [5, 5.41) is 1.04. The maximum Gasteiger partial charge on any atom is 0.156 e. The van der Waals surface area contributed by atoms with Crippen molar-refractivity contribution in [1.29, 1.82) is 0 Å². The van der Waals surface area contributed by atoms with Crippen molar-refractivity contribution < 1.29 is 4.74 Å². The van der Waals surface area contributed by atoms with E-state index in [1.807, 2.05) is 13.8 Å². The molecule has 0 saturated carbocycles. The van der Waals surface area contributed by atoms with Gasteiger partial charge in [-0.15, -0.1) is 0 Å². The third-order valence-corrected chi connectivity index (χ3v) is 2.34. The van der Waals surface area contributed by atoms with Crippen molar-refractivity contribution in [3.63, 3.8) is 0 Å². The maximum atomic E-state index is 5.94. The summed E-state index contributed by atoms with van der Waals surface area (Å²) in [6.45, 7) is 3.85. The summed E-state index contributed by atoms with van der Waals surface area (Å²) in [5.74, 6) is 0.543. The molecular formula is C9H9BrCl2O. The van der Waals surface area contributed by atoms with Gasteiger partial charge in [-0.05, 0) is 26.0 Å². The van der Waals surface area contributed by atoms with E-state index in [-0.39, 0.29) is 6.10 Å². The van der Waals surface area contributed by atoms with Gasteiger partial charge in [0.05, 0.1) is 16.1 Å². The van der Waals surface area contributed by atoms with Gasteiger partial charge in [-0.1, -0.05) is 39.1 Å². The molecule has 0 spiro atoms. The van der Waals surface area contributed by atoms with Gasteiger partial charge in [0.25, 0.3) is 0 Å². The largest absolute Gasteiger partial charge is 0.488 e. The van der Waals surface area contributed by atoms with Crippen LogP contribution in [-0.4, -0.2) is 6.10 Å². The van der Waals surface area contributed by atoms with Crippen LogP contribution in [-0.2, 0) is 0 Å². The van der Waals surface area contributed by atoms with E-state index in [0.717, 1.165) is 4.47 Å². The lowest BCUT2D eigenvalue weighted by Crippen LogP contribution is -2.06. The summed E-state index contributed by atoms with van der Waals surface area (Å²) in [4.78, 5) is 0. The second-order valence-electron chi connectivity index (χ2n) is 2.87. The SMILES string of the molecule is CC(C)Oc1c(Cl)cc(Br)cc1Cl. The summed E-state index contributed by atoms with van der Waals surface area (Å²) < 4.78 is 6.29. The van der Waals surface area contributed by atoms with Crippen molar-refractivity contribution in [3.8, 4) is 5.75 Å². The summed E-state index contributed by atoms with van der Waals surface area (Å²) in [5.41, 5.74) is 0. The average Bonchev–Trinajstić information content (AvgIpc) is 1.96. The third kappa shape index (κ3) is 3.04. The van der Waals surface area contributed by atoms with Gasteiger partial charge in [-0.2, -0.15) is 0 Å². The highest BCUT2D eigenvalue weighted by atomic mass is 79.9. The molecule has 13 heavy (non-hydrogen) atoms. The Kier molecular flexibility index (Phi) is 3.89. The van der Waals surface area contributed by atoms with E-state index in [1.54, 1.807) is 12.1 Å². The van der Waals surface area contributed by atoms with E-state index in [9.17, 15) is 0 Å². The topological polar surface area (TPSA) is 9.23 Å². The Morgan fingerprint density at radius 3 is 2.08 bits per heavy atom. The van der Waals surface area contributed by atoms with Gasteiger partial charge >= 0.3 is 0 Å². The fourth-order valence-corrected chi connectivity index (χ4v) is 2.17. The lowest BCUT2D eigenvalue weighted by molar-refractivity contribution is 0.242. The van der Waals surface area contributed by atoms with Gasteiger partial charge in [0.15, 0.2) is 5.75 Å². The first-order chi connectivity index (χ1) is 6.00. The molecule has 1 aromatic rings. The average molecular weight is 284 g/mol. The molecule has 1 aromatic carbocycles. The molecule has 1 nitrogen and oxygen atoms in total. The first-order valence-electron chi connectivity index (χ1n) is 3.82. The summed E-state index contributed by atoms with van der Waals surface area (Å²) in [6, 6.07) is 3.51. The quantitative estimate of drug-likeness (QED) is 0.774. The van der Waals surface area contributed by atoms with E-state index in [1.165, 1.54) is 0 Å². The lowest BCUT2D eigenvalue weighted by Gasteiger charge is -2.12. The highest BCUT2D eigenvalue weighted by Crippen LogP contribution is 2.36. The second kappa shape index (κ2) is 4.54. The number of hydrogen-bond donors (Lipinski definition) is 0. The third-order valence-electron chi connectivity index (χ3n) is 1.32. The van der Waals surface area contributed by atoms with Gasteiger partial charge < -0.3 is 4.74 Å². The molecule has 0 heterocycles. The van der Waals surface area contributed by atoms with Crippen LogP contribution >= 0.6 is 39.1 Å². The molecule has 0 fully saturated rings. The Hall–Kier alpha value is 0.0800. The number of rotatable bonds is 2. The van der Waals surface area contributed by atoms with Crippen LogP contribution in [0.4, 0.5) is 0 Å². The van der Waals surface area contributed by atoms with Crippen LogP contribution in [0.5, 0.6) is 5.75 Å². The van der Waals surface area contributed by atoms with Crippen molar-refractivity contribution >= 4 is 39.1 Å². The molecule has 72 valence electrons. The van der Waals surface area contributed by atoms with Crippen LogP contribution in [0.1, 0.15) is 13.8 Å². The van der Waals surface area contributed by atoms with Crippen LogP contribution in [0.3, 0.4) is 0 Å². The van der Waals surface area contributed by atoms with E-state index < -0.39 is 0 Å². The standard InChI is InChI=1S/C9H9BrCl2O/c1-5(2)13-9-7(11)3-6(10)4-8(9)12/h3-5H,1-2H3. The summed E-state index contributed by atoms with van der Waals surface area (Å²) >= 11 is 15.2. The van der Waals surface area contributed by atoms with Crippen molar-refractivity contribution in [2.45, 2.75) is 20.0 Å². The minimum atomic E-state index is 0.0659. The van der Waals surface area contributed by atoms with Gasteiger partial charge in [-0.25, -0.2) is 0 Å². The van der Waals surface area contributed by atoms with Crippen LogP contribution in [0.2, 0.25) is 10.0 Å². The fourth-order valence-electron chi connectivity index (χ4n) is 0.877. The summed E-state index contributed by atoms with van der Waals surface area (Å²) in [7, 11) is 0. The minimum Gasteiger partial charge on any atom is -0.488 e. The molecule has 0 N–H and O–H groups in total. The van der Waals surface area contributed by atoms with Crippen LogP contribution in [0.15, 0.2) is 16.6 Å². The predicted octanol–water partition coefficient (Wildman–Crippen LogP) is 4.54. The molecule has 0 bridgehead atoms. The van der Waals surface area contributed by atoms with Gasteiger partial charge in [0.1, 0.15) is 0 Å². The minimum absolute atomic E-state index is 0.0659. The first kappa shape index (κ1) is 11.2. The molecule has 0 unspecified atom stereocenters. The van der Waals surface area contributed by atoms with E-state index in [0.29, 0.717) is 15.8 Å². The van der Waals surface area contributed by atoms with Gasteiger partial charge in [-0.3, -0.25) is 0 Å². The lowest BCUT2D eigenvalue weighted by atomic mass is 10.3. The zero-order chi connectivity index (χ0) is 10.0. The maximum absolute atomic E-state index is 5.94. The molecule has 0 atom stereocenters. The number of benzene rings is 1. The van der Waals surface area contributed by atoms with Crippen LogP contribution in [0.25, 0.3) is 0 Å². The Bertz CT molecular complexity index is 289. The molecule has 0 saturated heterocycles. The second-order valence-corrected chi connectivity index (χ2v) is 4.60. The van der Waals surface area contributed by atoms with Gasteiger partial charge in [0.2, 0.25) is 0 Å². The Balaban J connectivity index is 3.06. The molecule has 4 heteroatoms. The molecule has 0 aliphatic heterocycles. The molecule has 0 aromatic heterocycles. The van der Waals surface area contributed by atoms with Crippen molar-refractivity contribution in [2.24, 2.45) is 0 Å². The zero-order valence-electron chi connectivity index (χ0n) is 7.27. The Morgan fingerprint density at radius 1 is 1.23 bits per heavy atom. The number of halogens is 3. The van der Waals surface area contributed by atoms with Crippen molar-refractivity contribution in [1.82, 2.24) is 0 Å². The van der Waals surface area contributed by atoms with E-state index >= 15 is 0 Å². The van der Waals surface area contributed by atoms with Crippen LogP contribution in [0, 0.1) is 0 Å². The summed E-state index contributed by atoms with van der Waals surface area (Å²) in [6.07, 6.45) is 0.0659. The molecule has 0 aliphatic carbocycles. The first-order valence-corrected chi connectivity index (χ1v) is 5.37. The smallest absolute Gasteiger partial charge is 0.156 e. The Labute approximate surface area is 96.1 Å². The number of hydrogen-bond acceptors (Lipinski definition) is 1. The van der Waals surface area contributed by atoms with Crippen LogP contribution < -0.4 is 4.74 Å². The monoisotopic (exact) mass is 282 g/mol. The van der Waals surface area contributed by atoms with Gasteiger partial charge in [0, 0.05) is 4.47 Å². The molecular weight excluding hydrogens is 275 g/mol. The normalized spacial score (nSPS) is 10.6. The molecule has 0 radical (unpaired) electrons.